The monoisotopic (exact) mass is 447 g/mol. The van der Waals surface area contributed by atoms with Crippen LogP contribution in [0.25, 0.3) is 5.65 Å². The normalized spacial score (nSPS) is 19.0. The number of hydrogen-bond donors (Lipinski definition) is 2. The van der Waals surface area contributed by atoms with Gasteiger partial charge in [0, 0.05) is 44.0 Å². The summed E-state index contributed by atoms with van der Waals surface area (Å²) in [5.41, 5.74) is 3.51. The number of carbonyl (C=O) groups excluding carboxylic acids is 2. The molecule has 0 aliphatic carbocycles. The molecule has 8 heteroatoms. The van der Waals surface area contributed by atoms with Crippen LogP contribution in [0.3, 0.4) is 0 Å². The first-order valence-corrected chi connectivity index (χ1v) is 11.6. The number of aromatic nitrogens is 2. The van der Waals surface area contributed by atoms with E-state index in [4.69, 9.17) is 4.74 Å². The van der Waals surface area contributed by atoms with Crippen molar-refractivity contribution in [2.24, 2.45) is 0 Å². The summed E-state index contributed by atoms with van der Waals surface area (Å²) in [6.07, 6.45) is 9.99. The first-order chi connectivity index (χ1) is 16.1. The largest absolute Gasteiger partial charge is 0.378 e. The molecule has 2 N–H and O–H groups in total. The summed E-state index contributed by atoms with van der Waals surface area (Å²) in [6, 6.07) is 11.4. The van der Waals surface area contributed by atoms with Crippen molar-refractivity contribution in [1.82, 2.24) is 14.3 Å². The second kappa shape index (κ2) is 9.62. The van der Waals surface area contributed by atoms with Crippen molar-refractivity contribution < 1.29 is 14.3 Å². The Balaban J connectivity index is 1.10. The summed E-state index contributed by atoms with van der Waals surface area (Å²) in [7, 11) is 0. The Hall–Kier alpha value is -3.39. The molecule has 2 fully saturated rings. The van der Waals surface area contributed by atoms with Crippen LogP contribution in [0, 0.1) is 0 Å². The van der Waals surface area contributed by atoms with Gasteiger partial charge in [-0.3, -0.25) is 4.79 Å². The van der Waals surface area contributed by atoms with Crippen molar-refractivity contribution in [3.63, 3.8) is 0 Å². The maximum atomic E-state index is 12.5. The van der Waals surface area contributed by atoms with Gasteiger partial charge in [-0.15, -0.1) is 0 Å². The van der Waals surface area contributed by atoms with Gasteiger partial charge < -0.3 is 24.7 Å². The average Bonchev–Trinajstić information content (AvgIpc) is 3.51. The number of ether oxygens (including phenoxy) is 1. The fourth-order valence-electron chi connectivity index (χ4n) is 4.72. The number of pyridine rings is 1. The van der Waals surface area contributed by atoms with Gasteiger partial charge in [-0.1, -0.05) is 12.1 Å². The van der Waals surface area contributed by atoms with E-state index in [2.05, 4.69) is 27.8 Å². The lowest BCUT2D eigenvalue weighted by molar-refractivity contribution is -0.134. The second-order valence-corrected chi connectivity index (χ2v) is 8.81. The maximum absolute atomic E-state index is 12.5. The van der Waals surface area contributed by atoms with Gasteiger partial charge in [0.1, 0.15) is 5.65 Å². The number of nitrogens with one attached hydrogen (secondary N) is 2. The number of benzene rings is 1. The van der Waals surface area contributed by atoms with E-state index in [0.29, 0.717) is 18.0 Å². The second-order valence-electron chi connectivity index (χ2n) is 8.81. The number of anilines is 2. The minimum atomic E-state index is -0.291. The maximum Gasteiger partial charge on any atom is 0.323 e. The Morgan fingerprint density at radius 3 is 2.52 bits per heavy atom. The number of nitrogens with zero attached hydrogens (tertiary/aromatic N) is 3. The summed E-state index contributed by atoms with van der Waals surface area (Å²) in [4.78, 5) is 31.1. The van der Waals surface area contributed by atoms with Gasteiger partial charge in [0.2, 0.25) is 5.91 Å². The summed E-state index contributed by atoms with van der Waals surface area (Å²) >= 11 is 0. The first-order valence-electron chi connectivity index (χ1n) is 11.6. The number of likely N-dealkylation sites (tertiary alicyclic amines) is 1. The Morgan fingerprint density at radius 2 is 1.76 bits per heavy atom. The lowest BCUT2D eigenvalue weighted by atomic mass is 9.89. The molecule has 0 radical (unpaired) electrons. The van der Waals surface area contributed by atoms with Crippen molar-refractivity contribution in [2.45, 2.75) is 44.1 Å². The highest BCUT2D eigenvalue weighted by Crippen LogP contribution is 2.29. The zero-order chi connectivity index (χ0) is 22.6. The molecule has 172 valence electrons. The van der Waals surface area contributed by atoms with Gasteiger partial charge in [-0.25, -0.2) is 9.78 Å². The number of hydrogen-bond acceptors (Lipinski definition) is 4. The number of fused-ring (bicyclic) bond motifs is 1. The Morgan fingerprint density at radius 1 is 1.00 bits per heavy atom. The molecular formula is C25H29N5O3. The summed E-state index contributed by atoms with van der Waals surface area (Å²) in [6.45, 7) is 2.37. The molecule has 0 saturated carbocycles. The highest BCUT2D eigenvalue weighted by atomic mass is 16.5. The van der Waals surface area contributed by atoms with Crippen LogP contribution in [0.1, 0.15) is 43.6 Å². The highest BCUT2D eigenvalue weighted by Gasteiger charge is 2.27. The molecule has 2 aliphatic heterocycles. The molecule has 33 heavy (non-hydrogen) atoms. The SMILES string of the molecule is O=C(Nc1ccc(C2CCN(C(=O)CC3CCCO3)CC2)cc1)Nc1ccc2nccn2c1. The standard InChI is InChI=1S/C25H29N5O3/c31-24(16-22-2-1-15-33-22)29-12-9-19(10-13-29)18-3-5-20(6-4-18)27-25(32)28-21-7-8-23-26-11-14-30(23)17-21/h3-8,11,14,17,19,22H,1-2,9-10,12-13,15-16H2,(H2,27,28,32). The molecule has 0 spiro atoms. The molecule has 2 aromatic heterocycles. The van der Waals surface area contributed by atoms with Crippen molar-refractivity contribution in [3.8, 4) is 0 Å². The number of rotatable bonds is 5. The smallest absolute Gasteiger partial charge is 0.323 e. The number of urea groups is 1. The minimum absolute atomic E-state index is 0.112. The van der Waals surface area contributed by atoms with E-state index in [1.165, 1.54) is 5.56 Å². The van der Waals surface area contributed by atoms with Crippen LogP contribution < -0.4 is 10.6 Å². The van der Waals surface area contributed by atoms with Crippen molar-refractivity contribution in [1.29, 1.82) is 0 Å². The molecule has 1 aromatic carbocycles. The van der Waals surface area contributed by atoms with Crippen molar-refractivity contribution >= 4 is 29.0 Å². The van der Waals surface area contributed by atoms with Crippen LogP contribution in [-0.4, -0.2) is 52.0 Å². The lowest BCUT2D eigenvalue weighted by Crippen LogP contribution is -2.39. The Labute approximate surface area is 192 Å². The van der Waals surface area contributed by atoms with Crippen LogP contribution in [0.4, 0.5) is 16.2 Å². The molecule has 2 saturated heterocycles. The molecule has 2 aliphatic rings. The van der Waals surface area contributed by atoms with Crippen LogP contribution in [-0.2, 0) is 9.53 Å². The Kier molecular flexibility index (Phi) is 6.26. The zero-order valence-corrected chi connectivity index (χ0v) is 18.6. The average molecular weight is 448 g/mol. The van der Waals surface area contributed by atoms with Gasteiger partial charge >= 0.3 is 6.03 Å². The fraction of sp³-hybridized carbons (Fsp3) is 0.400. The van der Waals surface area contributed by atoms with E-state index in [9.17, 15) is 9.59 Å². The van der Waals surface area contributed by atoms with E-state index in [0.717, 1.165) is 56.7 Å². The molecule has 3 aromatic rings. The third-order valence-corrected chi connectivity index (χ3v) is 6.56. The van der Waals surface area contributed by atoms with Gasteiger partial charge in [0.25, 0.3) is 0 Å². The third-order valence-electron chi connectivity index (χ3n) is 6.56. The predicted octanol–water partition coefficient (Wildman–Crippen LogP) is 4.25. The van der Waals surface area contributed by atoms with E-state index < -0.39 is 0 Å². The topological polar surface area (TPSA) is 88.0 Å². The molecule has 0 bridgehead atoms. The van der Waals surface area contributed by atoms with E-state index in [1.54, 1.807) is 6.20 Å². The van der Waals surface area contributed by atoms with Gasteiger partial charge in [-0.05, 0) is 61.4 Å². The van der Waals surface area contributed by atoms with Crippen LogP contribution in [0.2, 0.25) is 0 Å². The quantitative estimate of drug-likeness (QED) is 0.612. The molecule has 5 rings (SSSR count). The number of carbonyl (C=O) groups is 2. The predicted molar refractivity (Wildman–Crippen MR) is 126 cm³/mol. The van der Waals surface area contributed by atoms with Gasteiger partial charge in [-0.2, -0.15) is 0 Å². The summed E-state index contributed by atoms with van der Waals surface area (Å²) in [5, 5.41) is 5.73. The molecule has 3 amide bonds. The molecule has 8 nitrogen and oxygen atoms in total. The van der Waals surface area contributed by atoms with Gasteiger partial charge in [0.05, 0.1) is 18.2 Å². The van der Waals surface area contributed by atoms with E-state index >= 15 is 0 Å². The van der Waals surface area contributed by atoms with E-state index in [-0.39, 0.29) is 18.0 Å². The molecule has 4 heterocycles. The van der Waals surface area contributed by atoms with Crippen LogP contribution in [0.15, 0.2) is 55.0 Å². The van der Waals surface area contributed by atoms with Crippen LogP contribution >= 0.6 is 0 Å². The fourth-order valence-corrected chi connectivity index (χ4v) is 4.72. The van der Waals surface area contributed by atoms with Crippen LogP contribution in [0.5, 0.6) is 0 Å². The Bertz CT molecular complexity index is 1110. The molecule has 1 unspecified atom stereocenters. The third kappa shape index (κ3) is 5.17. The van der Waals surface area contributed by atoms with Crippen molar-refractivity contribution in [3.05, 3.63) is 60.6 Å². The van der Waals surface area contributed by atoms with Gasteiger partial charge in [0.15, 0.2) is 0 Å². The molecule has 1 atom stereocenters. The number of piperidine rings is 1. The number of amides is 3. The van der Waals surface area contributed by atoms with E-state index in [1.807, 2.05) is 46.0 Å². The number of imidazole rings is 1. The summed E-state index contributed by atoms with van der Waals surface area (Å²) < 4.78 is 7.46. The first kappa shape index (κ1) is 21.5. The lowest BCUT2D eigenvalue weighted by Gasteiger charge is -2.33. The van der Waals surface area contributed by atoms with Crippen molar-refractivity contribution in [2.75, 3.05) is 30.3 Å². The zero-order valence-electron chi connectivity index (χ0n) is 18.6. The summed E-state index contributed by atoms with van der Waals surface area (Å²) in [5.74, 6) is 0.652. The minimum Gasteiger partial charge on any atom is -0.378 e. The molecular weight excluding hydrogens is 418 g/mol. The highest BCUT2D eigenvalue weighted by molar-refractivity contribution is 5.99.